The molecule has 1 unspecified atom stereocenters. The third-order valence-electron chi connectivity index (χ3n) is 7.15. The van der Waals surface area contributed by atoms with E-state index in [1.165, 1.54) is 0 Å². The van der Waals surface area contributed by atoms with Crippen molar-refractivity contribution in [2.45, 2.75) is 98.2 Å². The normalized spacial score (nSPS) is 22.6. The zero-order valence-electron chi connectivity index (χ0n) is 22.9. The molecule has 1 saturated carbocycles. The van der Waals surface area contributed by atoms with Crippen molar-refractivity contribution in [3.63, 3.8) is 0 Å². The van der Waals surface area contributed by atoms with Crippen molar-refractivity contribution in [3.8, 4) is 0 Å². The summed E-state index contributed by atoms with van der Waals surface area (Å²) in [6, 6.07) is -2.16. The molecule has 0 bridgehead atoms. The molecule has 0 spiro atoms. The van der Waals surface area contributed by atoms with E-state index < -0.39 is 46.7 Å². The number of likely N-dealkylation sites (tertiary alicyclic amines) is 1. The van der Waals surface area contributed by atoms with Crippen LogP contribution in [0.2, 0.25) is 0 Å². The molecule has 1 saturated heterocycles. The highest BCUT2D eigenvalue weighted by atomic mass is 16.2. The number of ketones is 1. The first kappa shape index (κ1) is 29.6. The largest absolute Gasteiger partial charge is 0.363 e. The fourth-order valence-electron chi connectivity index (χ4n) is 4.69. The summed E-state index contributed by atoms with van der Waals surface area (Å²) in [7, 11) is 0. The van der Waals surface area contributed by atoms with Gasteiger partial charge in [-0.05, 0) is 50.9 Å². The quantitative estimate of drug-likeness (QED) is 0.369. The number of piperidine rings is 1. The minimum absolute atomic E-state index is 0.0210. The maximum atomic E-state index is 13.6. The van der Waals surface area contributed by atoms with Gasteiger partial charge in [0.05, 0.1) is 12.0 Å². The van der Waals surface area contributed by atoms with E-state index in [1.54, 1.807) is 4.90 Å². The molecule has 1 aliphatic carbocycles. The van der Waals surface area contributed by atoms with Gasteiger partial charge in [0, 0.05) is 18.6 Å². The van der Waals surface area contributed by atoms with Crippen LogP contribution in [0.5, 0.6) is 0 Å². The van der Waals surface area contributed by atoms with E-state index in [2.05, 4.69) is 16.0 Å². The van der Waals surface area contributed by atoms with Crippen molar-refractivity contribution in [3.05, 3.63) is 0 Å². The molecule has 2 aliphatic rings. The van der Waals surface area contributed by atoms with E-state index in [1.807, 2.05) is 48.5 Å². The van der Waals surface area contributed by atoms with E-state index in [-0.39, 0.29) is 24.3 Å². The highest BCUT2D eigenvalue weighted by Gasteiger charge is 2.41. The van der Waals surface area contributed by atoms with E-state index in [0.29, 0.717) is 25.3 Å². The molecule has 5 N–H and O–H groups in total. The molecular formula is C26H45N5O5. The topological polar surface area (TPSA) is 151 Å². The summed E-state index contributed by atoms with van der Waals surface area (Å²) in [5.74, 6) is -2.73. The van der Waals surface area contributed by atoms with Gasteiger partial charge in [-0.2, -0.15) is 0 Å². The van der Waals surface area contributed by atoms with Crippen LogP contribution >= 0.6 is 0 Å². The molecule has 0 aromatic rings. The van der Waals surface area contributed by atoms with Gasteiger partial charge in [-0.1, -0.05) is 47.0 Å². The van der Waals surface area contributed by atoms with Crippen LogP contribution in [0, 0.1) is 23.2 Å². The minimum atomic E-state index is -1.05. The summed E-state index contributed by atoms with van der Waals surface area (Å²) in [6.07, 6.45) is 4.00. The van der Waals surface area contributed by atoms with Gasteiger partial charge in [-0.3, -0.25) is 19.2 Å². The van der Waals surface area contributed by atoms with Crippen LogP contribution in [0.15, 0.2) is 0 Å². The molecule has 1 aliphatic heterocycles. The van der Waals surface area contributed by atoms with Crippen molar-refractivity contribution in [2.75, 3.05) is 13.1 Å². The number of hydrogen-bond donors (Lipinski definition) is 4. The van der Waals surface area contributed by atoms with Crippen LogP contribution in [-0.2, 0) is 19.2 Å². The number of primary amides is 1. The van der Waals surface area contributed by atoms with E-state index in [9.17, 15) is 24.0 Å². The van der Waals surface area contributed by atoms with Gasteiger partial charge >= 0.3 is 6.03 Å². The Hall–Kier alpha value is -2.65. The van der Waals surface area contributed by atoms with Crippen molar-refractivity contribution in [2.24, 2.45) is 28.9 Å². The second kappa shape index (κ2) is 11.6. The lowest BCUT2D eigenvalue weighted by molar-refractivity contribution is -0.142. The molecule has 204 valence electrons. The summed E-state index contributed by atoms with van der Waals surface area (Å²) in [6.45, 7) is 13.8. The Balaban J connectivity index is 2.13. The third-order valence-corrected chi connectivity index (χ3v) is 7.15. The first-order chi connectivity index (χ1) is 16.5. The zero-order valence-corrected chi connectivity index (χ0v) is 22.9. The van der Waals surface area contributed by atoms with Gasteiger partial charge in [-0.15, -0.1) is 0 Å². The van der Waals surface area contributed by atoms with Crippen LogP contribution in [0.3, 0.4) is 0 Å². The van der Waals surface area contributed by atoms with Gasteiger partial charge in [0.15, 0.2) is 0 Å². The number of hydrogen-bond acceptors (Lipinski definition) is 5. The molecule has 10 heteroatoms. The van der Waals surface area contributed by atoms with E-state index in [0.717, 1.165) is 19.3 Å². The van der Waals surface area contributed by atoms with Gasteiger partial charge in [0.25, 0.3) is 5.91 Å². The molecule has 4 atom stereocenters. The van der Waals surface area contributed by atoms with Crippen LogP contribution < -0.4 is 21.7 Å². The lowest BCUT2D eigenvalue weighted by atomic mass is 9.79. The molecule has 0 aromatic heterocycles. The van der Waals surface area contributed by atoms with Crippen LogP contribution in [0.25, 0.3) is 0 Å². The molecular weight excluding hydrogens is 462 g/mol. The molecule has 0 aromatic carbocycles. The molecule has 5 amide bonds. The number of urea groups is 1. The Morgan fingerprint density at radius 2 is 1.58 bits per heavy atom. The molecule has 10 nitrogen and oxygen atoms in total. The number of nitrogens with one attached hydrogen (secondary N) is 3. The number of nitrogens with two attached hydrogens (primary N) is 1. The number of nitrogens with zero attached hydrogens (tertiary/aromatic N) is 1. The molecule has 2 fully saturated rings. The van der Waals surface area contributed by atoms with Gasteiger partial charge in [-0.25, -0.2) is 4.79 Å². The van der Waals surface area contributed by atoms with Crippen LogP contribution in [0.1, 0.15) is 80.6 Å². The average Bonchev–Trinajstić information content (AvgIpc) is 2.70. The second-order valence-corrected chi connectivity index (χ2v) is 12.6. The summed E-state index contributed by atoms with van der Waals surface area (Å²) < 4.78 is 0. The number of amides is 5. The maximum Gasteiger partial charge on any atom is 0.315 e. The van der Waals surface area contributed by atoms with Gasteiger partial charge < -0.3 is 26.6 Å². The zero-order chi connectivity index (χ0) is 27.4. The summed E-state index contributed by atoms with van der Waals surface area (Å²) in [5.41, 5.74) is 4.21. The van der Waals surface area contributed by atoms with E-state index >= 15 is 0 Å². The smallest absolute Gasteiger partial charge is 0.315 e. The molecule has 36 heavy (non-hydrogen) atoms. The lowest BCUT2D eigenvalue weighted by Gasteiger charge is -2.41. The molecule has 0 radical (unpaired) electrons. The highest BCUT2D eigenvalue weighted by molar-refractivity contribution is 6.37. The predicted molar refractivity (Wildman–Crippen MR) is 137 cm³/mol. The molecule has 1 heterocycles. The monoisotopic (exact) mass is 507 g/mol. The number of rotatable bonds is 8. The van der Waals surface area contributed by atoms with Crippen molar-refractivity contribution < 1.29 is 24.0 Å². The average molecular weight is 508 g/mol. The fraction of sp³-hybridized carbons (Fsp3) is 0.808. The van der Waals surface area contributed by atoms with E-state index in [4.69, 9.17) is 5.73 Å². The van der Waals surface area contributed by atoms with Crippen molar-refractivity contribution >= 4 is 29.5 Å². The van der Waals surface area contributed by atoms with Gasteiger partial charge in [0.1, 0.15) is 6.04 Å². The summed E-state index contributed by atoms with van der Waals surface area (Å²) >= 11 is 0. The lowest BCUT2D eigenvalue weighted by Crippen LogP contribution is -2.61. The number of carbonyl (C=O) groups is 5. The first-order valence-electron chi connectivity index (χ1n) is 13.0. The molecule has 2 rings (SSSR count). The number of Topliss-reactive ketones (excluding diaryl/α,β-unsaturated/α-hetero) is 1. The first-order valence-corrected chi connectivity index (χ1v) is 13.0. The Bertz CT molecular complexity index is 856. The Kier molecular flexibility index (Phi) is 9.53. The van der Waals surface area contributed by atoms with Crippen LogP contribution in [-0.4, -0.2) is 65.1 Å². The predicted octanol–water partition coefficient (Wildman–Crippen LogP) is 1.71. The third kappa shape index (κ3) is 8.20. The Morgan fingerprint density at radius 1 is 0.972 bits per heavy atom. The van der Waals surface area contributed by atoms with Crippen molar-refractivity contribution in [1.29, 1.82) is 0 Å². The second-order valence-electron chi connectivity index (χ2n) is 12.6. The highest BCUT2D eigenvalue weighted by Crippen LogP contribution is 2.31. The fourth-order valence-corrected chi connectivity index (χ4v) is 4.69. The Labute approximate surface area is 214 Å². The van der Waals surface area contributed by atoms with Crippen molar-refractivity contribution in [1.82, 2.24) is 20.9 Å². The van der Waals surface area contributed by atoms with Crippen LogP contribution in [0.4, 0.5) is 4.79 Å². The SMILES string of the molecule is C[C@H]1CCN(C(=O)[C@@H](NC(=O)NC(C)(C)C)C(C)(C)C)C[C@H]1C(=O)NC(CC1CCC1)C(=O)C(N)=O. The number of carbonyl (C=O) groups excluding carboxylic acids is 5. The van der Waals surface area contributed by atoms with Gasteiger partial charge in [0.2, 0.25) is 17.6 Å². The maximum absolute atomic E-state index is 13.6. The summed E-state index contributed by atoms with van der Waals surface area (Å²) in [5, 5.41) is 8.41. The summed E-state index contributed by atoms with van der Waals surface area (Å²) in [4.78, 5) is 65.0. The Morgan fingerprint density at radius 3 is 2.06 bits per heavy atom. The minimum Gasteiger partial charge on any atom is -0.363 e. The standard InChI is InChI=1S/C26H45N5O5/c1-15-11-12-31(23(35)20(25(2,3)4)29-24(36)30-26(5,6)7)14-17(15)22(34)28-18(19(32)21(27)33)13-16-9-8-10-16/h15-18,20H,8-14H2,1-7H3,(H2,27,33)(H,28,34)(H2,29,30,36)/t15-,17+,18?,20+/m0/s1.